The van der Waals surface area contributed by atoms with Crippen molar-refractivity contribution in [1.29, 1.82) is 0 Å². The number of hydrogen-bond donors (Lipinski definition) is 2. The highest BCUT2D eigenvalue weighted by atomic mass is 32.1. The van der Waals surface area contributed by atoms with E-state index in [9.17, 15) is 9.59 Å². The molecule has 0 spiro atoms. The second-order valence-corrected chi connectivity index (χ2v) is 7.11. The standard InChI is InChI=1S/C18H21N3O2S/c1-12-3-2-4-13(9-12)15(20-18(19)23)10-17(22)21-7-5-16-14(11-21)6-8-24-16/h2-4,6,8-9,15H,5,7,10-11H2,1H3,(H3,19,20,23)/t15-/m1/s1. The van der Waals surface area contributed by atoms with Crippen LogP contribution in [0.25, 0.3) is 0 Å². The van der Waals surface area contributed by atoms with Gasteiger partial charge in [-0.1, -0.05) is 29.8 Å². The molecule has 3 amide bonds. The molecule has 1 aromatic carbocycles. The molecule has 3 rings (SSSR count). The van der Waals surface area contributed by atoms with Gasteiger partial charge in [-0.15, -0.1) is 11.3 Å². The first-order chi connectivity index (χ1) is 11.5. The van der Waals surface area contributed by atoms with Crippen molar-refractivity contribution in [2.24, 2.45) is 5.73 Å². The van der Waals surface area contributed by atoms with E-state index >= 15 is 0 Å². The number of carbonyl (C=O) groups excluding carboxylic acids is 2. The third kappa shape index (κ3) is 3.76. The molecule has 1 aliphatic heterocycles. The quantitative estimate of drug-likeness (QED) is 0.896. The topological polar surface area (TPSA) is 75.4 Å². The second-order valence-electron chi connectivity index (χ2n) is 6.11. The van der Waals surface area contributed by atoms with Crippen LogP contribution in [0.3, 0.4) is 0 Å². The number of amides is 3. The van der Waals surface area contributed by atoms with E-state index < -0.39 is 12.1 Å². The average Bonchev–Trinajstić information content (AvgIpc) is 3.01. The molecular formula is C18H21N3O2S. The van der Waals surface area contributed by atoms with Gasteiger partial charge in [-0.25, -0.2) is 4.79 Å². The smallest absolute Gasteiger partial charge is 0.312 e. The van der Waals surface area contributed by atoms with Gasteiger partial charge in [0.1, 0.15) is 0 Å². The summed E-state index contributed by atoms with van der Waals surface area (Å²) in [6.07, 6.45) is 1.11. The molecule has 24 heavy (non-hydrogen) atoms. The lowest BCUT2D eigenvalue weighted by atomic mass is 10.0. The van der Waals surface area contributed by atoms with Gasteiger partial charge >= 0.3 is 6.03 Å². The predicted molar refractivity (Wildman–Crippen MR) is 94.7 cm³/mol. The number of fused-ring (bicyclic) bond motifs is 1. The van der Waals surface area contributed by atoms with E-state index in [0.717, 1.165) is 24.1 Å². The molecule has 0 radical (unpaired) electrons. The van der Waals surface area contributed by atoms with Gasteiger partial charge in [0, 0.05) is 18.0 Å². The van der Waals surface area contributed by atoms with Crippen LogP contribution in [-0.2, 0) is 17.8 Å². The fraction of sp³-hybridized carbons (Fsp3) is 0.333. The van der Waals surface area contributed by atoms with Gasteiger partial charge < -0.3 is 16.0 Å². The number of nitrogens with two attached hydrogens (primary N) is 1. The lowest BCUT2D eigenvalue weighted by Crippen LogP contribution is -2.40. The van der Waals surface area contributed by atoms with Gasteiger partial charge in [0.25, 0.3) is 0 Å². The summed E-state index contributed by atoms with van der Waals surface area (Å²) in [6, 6.07) is 8.85. The van der Waals surface area contributed by atoms with Gasteiger partial charge in [-0.05, 0) is 35.9 Å². The zero-order valence-corrected chi connectivity index (χ0v) is 14.4. The highest BCUT2D eigenvalue weighted by Gasteiger charge is 2.25. The minimum absolute atomic E-state index is 0.0344. The van der Waals surface area contributed by atoms with Crippen LogP contribution < -0.4 is 11.1 Å². The van der Waals surface area contributed by atoms with Crippen molar-refractivity contribution in [3.8, 4) is 0 Å². The molecule has 0 unspecified atom stereocenters. The number of rotatable bonds is 4. The zero-order valence-electron chi connectivity index (χ0n) is 13.6. The monoisotopic (exact) mass is 343 g/mol. The largest absolute Gasteiger partial charge is 0.352 e. The molecule has 0 aliphatic carbocycles. The van der Waals surface area contributed by atoms with Crippen molar-refractivity contribution in [2.75, 3.05) is 6.54 Å². The predicted octanol–water partition coefficient (Wildman–Crippen LogP) is 2.74. The molecule has 0 bridgehead atoms. The third-order valence-electron chi connectivity index (χ3n) is 4.30. The lowest BCUT2D eigenvalue weighted by Gasteiger charge is -2.29. The van der Waals surface area contributed by atoms with E-state index in [-0.39, 0.29) is 12.3 Å². The summed E-state index contributed by atoms with van der Waals surface area (Å²) in [5.41, 5.74) is 8.51. The fourth-order valence-electron chi connectivity index (χ4n) is 3.08. The molecule has 0 saturated heterocycles. The van der Waals surface area contributed by atoms with Gasteiger partial charge in [-0.3, -0.25) is 4.79 Å². The Morgan fingerprint density at radius 3 is 2.96 bits per heavy atom. The zero-order chi connectivity index (χ0) is 17.1. The first-order valence-corrected chi connectivity index (χ1v) is 8.86. The normalized spacial score (nSPS) is 14.8. The van der Waals surface area contributed by atoms with Crippen molar-refractivity contribution in [3.63, 3.8) is 0 Å². The maximum Gasteiger partial charge on any atom is 0.312 e. The number of nitrogens with one attached hydrogen (secondary N) is 1. The van der Waals surface area contributed by atoms with Crippen molar-refractivity contribution in [1.82, 2.24) is 10.2 Å². The molecule has 126 valence electrons. The van der Waals surface area contributed by atoms with Crippen molar-refractivity contribution >= 4 is 23.3 Å². The highest BCUT2D eigenvalue weighted by Crippen LogP contribution is 2.26. The molecule has 0 saturated carbocycles. The summed E-state index contributed by atoms with van der Waals surface area (Å²) in [6.45, 7) is 3.35. The van der Waals surface area contributed by atoms with Crippen molar-refractivity contribution in [3.05, 3.63) is 57.3 Å². The number of thiophene rings is 1. The van der Waals surface area contributed by atoms with E-state index in [0.29, 0.717) is 6.54 Å². The summed E-state index contributed by atoms with van der Waals surface area (Å²) in [5.74, 6) is 0.0344. The SMILES string of the molecule is Cc1cccc([C@@H](CC(=O)N2CCc3sccc3C2)NC(N)=O)c1. The summed E-state index contributed by atoms with van der Waals surface area (Å²) in [5, 5.41) is 4.77. The average molecular weight is 343 g/mol. The van der Waals surface area contributed by atoms with Crippen LogP contribution in [0.1, 0.15) is 34.0 Å². The molecular weight excluding hydrogens is 322 g/mol. The number of nitrogens with zero attached hydrogens (tertiary/aromatic N) is 1. The van der Waals surface area contributed by atoms with E-state index in [1.54, 1.807) is 11.3 Å². The summed E-state index contributed by atoms with van der Waals surface area (Å²) < 4.78 is 0. The number of carbonyl (C=O) groups is 2. The molecule has 2 heterocycles. The first-order valence-electron chi connectivity index (χ1n) is 7.98. The Hall–Kier alpha value is -2.34. The molecule has 1 atom stereocenters. The summed E-state index contributed by atoms with van der Waals surface area (Å²) >= 11 is 1.75. The van der Waals surface area contributed by atoms with Crippen LogP contribution in [0.5, 0.6) is 0 Å². The Morgan fingerprint density at radius 1 is 1.38 bits per heavy atom. The lowest BCUT2D eigenvalue weighted by molar-refractivity contribution is -0.132. The van der Waals surface area contributed by atoms with Crippen molar-refractivity contribution in [2.45, 2.75) is 32.4 Å². The fourth-order valence-corrected chi connectivity index (χ4v) is 3.97. The maximum atomic E-state index is 12.7. The molecule has 1 aliphatic rings. The molecule has 3 N–H and O–H groups in total. The van der Waals surface area contributed by atoms with Crippen LogP contribution in [0.2, 0.25) is 0 Å². The Labute approximate surface area is 145 Å². The maximum absolute atomic E-state index is 12.7. The molecule has 6 heteroatoms. The Balaban J connectivity index is 1.73. The molecule has 0 fully saturated rings. The Bertz CT molecular complexity index is 756. The number of urea groups is 1. The van der Waals surface area contributed by atoms with Crippen LogP contribution in [0.15, 0.2) is 35.7 Å². The Morgan fingerprint density at radius 2 is 2.21 bits per heavy atom. The first kappa shape index (κ1) is 16.5. The second kappa shape index (κ2) is 7.05. The molecule has 1 aromatic heterocycles. The van der Waals surface area contributed by atoms with E-state index in [1.165, 1.54) is 10.4 Å². The van der Waals surface area contributed by atoms with Crippen LogP contribution >= 0.6 is 11.3 Å². The van der Waals surface area contributed by atoms with E-state index in [2.05, 4.69) is 16.8 Å². The van der Waals surface area contributed by atoms with Crippen LogP contribution in [-0.4, -0.2) is 23.4 Å². The highest BCUT2D eigenvalue weighted by molar-refractivity contribution is 7.10. The number of hydrogen-bond acceptors (Lipinski definition) is 3. The third-order valence-corrected chi connectivity index (χ3v) is 5.32. The molecule has 2 aromatic rings. The van der Waals surface area contributed by atoms with Crippen LogP contribution in [0.4, 0.5) is 4.79 Å². The number of benzene rings is 1. The minimum Gasteiger partial charge on any atom is -0.352 e. The van der Waals surface area contributed by atoms with E-state index in [4.69, 9.17) is 5.73 Å². The van der Waals surface area contributed by atoms with E-state index in [1.807, 2.05) is 36.1 Å². The number of primary amides is 1. The van der Waals surface area contributed by atoms with Crippen LogP contribution in [0, 0.1) is 6.92 Å². The summed E-state index contributed by atoms with van der Waals surface area (Å²) in [7, 11) is 0. The molecule has 5 nitrogen and oxygen atoms in total. The van der Waals surface area contributed by atoms with Gasteiger partial charge in [0.15, 0.2) is 0 Å². The number of aryl methyl sites for hydroxylation is 1. The minimum atomic E-state index is -0.618. The van der Waals surface area contributed by atoms with Gasteiger partial charge in [0.05, 0.1) is 12.5 Å². The summed E-state index contributed by atoms with van der Waals surface area (Å²) in [4.78, 5) is 27.3. The van der Waals surface area contributed by atoms with Gasteiger partial charge in [-0.2, -0.15) is 0 Å². The van der Waals surface area contributed by atoms with Gasteiger partial charge in [0.2, 0.25) is 5.91 Å². The Kier molecular flexibility index (Phi) is 4.85. The van der Waals surface area contributed by atoms with Crippen molar-refractivity contribution < 1.29 is 9.59 Å².